The Balaban J connectivity index is 1.49. The zero-order valence-corrected chi connectivity index (χ0v) is 17.4. The van der Waals surface area contributed by atoms with E-state index in [9.17, 15) is 13.6 Å². The normalized spacial score (nSPS) is 11.2. The van der Waals surface area contributed by atoms with Crippen molar-refractivity contribution in [3.05, 3.63) is 108 Å². The molecule has 2 N–H and O–H groups in total. The van der Waals surface area contributed by atoms with Gasteiger partial charge in [-0.15, -0.1) is 0 Å². The van der Waals surface area contributed by atoms with Crippen LogP contribution in [0.4, 0.5) is 19.3 Å². The number of nitrogens with one attached hydrogen (secondary N) is 2. The highest BCUT2D eigenvalue weighted by atomic mass is 19.1. The molecule has 4 nitrogen and oxygen atoms in total. The van der Waals surface area contributed by atoms with E-state index in [1.807, 2.05) is 72.9 Å². The van der Waals surface area contributed by atoms with E-state index in [1.54, 1.807) is 4.90 Å². The van der Waals surface area contributed by atoms with Crippen molar-refractivity contribution in [2.75, 3.05) is 18.4 Å². The molecule has 4 aromatic rings. The number of nitrogens with zero attached hydrogens (tertiary/aromatic N) is 1. The van der Waals surface area contributed by atoms with Gasteiger partial charge in [0.15, 0.2) is 0 Å². The third-order valence-electron chi connectivity index (χ3n) is 5.22. The molecule has 0 atom stereocenters. The maximum atomic E-state index is 14.0. The van der Waals surface area contributed by atoms with Gasteiger partial charge in [-0.1, -0.05) is 60.7 Å². The van der Waals surface area contributed by atoms with Crippen LogP contribution in [0, 0.1) is 11.6 Å². The average molecular weight is 431 g/mol. The van der Waals surface area contributed by atoms with E-state index >= 15 is 0 Å². The van der Waals surface area contributed by atoms with Crippen LogP contribution >= 0.6 is 0 Å². The number of fused-ring (bicyclic) bond motifs is 1. The third-order valence-corrected chi connectivity index (χ3v) is 5.22. The second kappa shape index (κ2) is 9.92. The van der Waals surface area contributed by atoms with Gasteiger partial charge in [0.25, 0.3) is 0 Å². The Morgan fingerprint density at radius 2 is 1.78 bits per heavy atom. The van der Waals surface area contributed by atoms with E-state index in [0.29, 0.717) is 19.5 Å². The smallest absolute Gasteiger partial charge is 0.322 e. The van der Waals surface area contributed by atoms with Crippen molar-refractivity contribution in [1.29, 1.82) is 0 Å². The molecule has 6 heteroatoms. The van der Waals surface area contributed by atoms with Crippen molar-refractivity contribution in [2.24, 2.45) is 0 Å². The van der Waals surface area contributed by atoms with E-state index in [4.69, 9.17) is 0 Å². The summed E-state index contributed by atoms with van der Waals surface area (Å²) in [5.41, 5.74) is 3.10. The lowest BCUT2D eigenvalue weighted by Gasteiger charge is -2.22. The molecule has 0 saturated carbocycles. The molecule has 0 aliphatic carbocycles. The van der Waals surface area contributed by atoms with Gasteiger partial charge < -0.3 is 15.2 Å². The number of benzene rings is 3. The van der Waals surface area contributed by atoms with Crippen molar-refractivity contribution >= 4 is 28.7 Å². The molecule has 0 saturated heterocycles. The predicted octanol–water partition coefficient (Wildman–Crippen LogP) is 6.24. The maximum absolute atomic E-state index is 14.0. The molecule has 0 unspecified atom stereocenters. The lowest BCUT2D eigenvalue weighted by Crippen LogP contribution is -2.36. The Morgan fingerprint density at radius 1 is 1.00 bits per heavy atom. The Bertz CT molecular complexity index is 1230. The van der Waals surface area contributed by atoms with Crippen LogP contribution in [0.25, 0.3) is 17.0 Å². The highest BCUT2D eigenvalue weighted by Crippen LogP contribution is 2.19. The summed E-state index contributed by atoms with van der Waals surface area (Å²) in [6.07, 6.45) is 6.40. The van der Waals surface area contributed by atoms with Crippen LogP contribution in [0.3, 0.4) is 0 Å². The molecular formula is C26H23F2N3O. The highest BCUT2D eigenvalue weighted by molar-refractivity contribution is 5.89. The number of urea groups is 1. The van der Waals surface area contributed by atoms with Gasteiger partial charge in [0.05, 0.1) is 5.69 Å². The Labute approximate surface area is 185 Å². The average Bonchev–Trinajstić information content (AvgIpc) is 3.22. The first-order chi connectivity index (χ1) is 15.6. The van der Waals surface area contributed by atoms with Crippen LogP contribution in [0.2, 0.25) is 0 Å². The van der Waals surface area contributed by atoms with Gasteiger partial charge in [0.2, 0.25) is 0 Å². The Hall–Kier alpha value is -3.93. The molecular weight excluding hydrogens is 408 g/mol. The fourth-order valence-electron chi connectivity index (χ4n) is 3.53. The SMILES string of the molecule is O=C(Nc1ccc(F)cc1F)N(C/C=C/c1ccccc1)CCc1c[nH]c2ccccc12. The lowest BCUT2D eigenvalue weighted by molar-refractivity contribution is 0.217. The standard InChI is InChI=1S/C26H23F2N3O/c27-21-12-13-25(23(28)17-21)30-26(32)31(15-6-9-19-7-2-1-3-8-19)16-14-20-18-29-24-11-5-4-10-22(20)24/h1-13,17-18,29H,14-16H2,(H,30,32)/b9-6+. The summed E-state index contributed by atoms with van der Waals surface area (Å²) in [6.45, 7) is 0.765. The molecule has 1 heterocycles. The summed E-state index contributed by atoms with van der Waals surface area (Å²) in [7, 11) is 0. The molecule has 4 rings (SSSR count). The van der Waals surface area contributed by atoms with Crippen LogP contribution in [0.15, 0.2) is 85.1 Å². The third kappa shape index (κ3) is 5.21. The van der Waals surface area contributed by atoms with Gasteiger partial charge in [-0.2, -0.15) is 0 Å². The van der Waals surface area contributed by atoms with Crippen LogP contribution in [0.5, 0.6) is 0 Å². The largest absolute Gasteiger partial charge is 0.361 e. The van der Waals surface area contributed by atoms with E-state index in [2.05, 4.69) is 10.3 Å². The first kappa shape index (κ1) is 21.3. The number of anilines is 1. The Morgan fingerprint density at radius 3 is 2.59 bits per heavy atom. The van der Waals surface area contributed by atoms with E-state index < -0.39 is 17.7 Å². The minimum Gasteiger partial charge on any atom is -0.361 e. The summed E-state index contributed by atoms with van der Waals surface area (Å²) >= 11 is 0. The first-order valence-corrected chi connectivity index (χ1v) is 10.4. The zero-order chi connectivity index (χ0) is 22.3. The second-order valence-electron chi connectivity index (χ2n) is 7.42. The maximum Gasteiger partial charge on any atom is 0.322 e. The molecule has 0 fully saturated rings. The quantitative estimate of drug-likeness (QED) is 0.358. The topological polar surface area (TPSA) is 48.1 Å². The molecule has 0 aliphatic heterocycles. The van der Waals surface area contributed by atoms with Crippen LogP contribution in [-0.4, -0.2) is 29.0 Å². The minimum atomic E-state index is -0.810. The monoisotopic (exact) mass is 431 g/mol. The highest BCUT2D eigenvalue weighted by Gasteiger charge is 2.16. The second-order valence-corrected chi connectivity index (χ2v) is 7.42. The number of carbonyl (C=O) groups is 1. The van der Waals surface area contributed by atoms with Crippen molar-refractivity contribution in [2.45, 2.75) is 6.42 Å². The predicted molar refractivity (Wildman–Crippen MR) is 124 cm³/mol. The van der Waals surface area contributed by atoms with Crippen molar-refractivity contribution in [3.63, 3.8) is 0 Å². The summed E-state index contributed by atoms with van der Waals surface area (Å²) in [5.74, 6) is -1.50. The van der Waals surface area contributed by atoms with Gasteiger partial charge in [0.1, 0.15) is 11.6 Å². The molecule has 1 aromatic heterocycles. The van der Waals surface area contributed by atoms with Crippen molar-refractivity contribution in [3.8, 4) is 0 Å². The Kier molecular flexibility index (Phi) is 6.60. The molecule has 3 aromatic carbocycles. The number of para-hydroxylation sites is 1. The summed E-state index contributed by atoms with van der Waals surface area (Å²) in [5, 5.41) is 3.67. The number of hydrogen-bond acceptors (Lipinski definition) is 1. The number of rotatable bonds is 7. The number of H-pyrrole nitrogens is 1. The zero-order valence-electron chi connectivity index (χ0n) is 17.4. The number of amides is 2. The molecule has 32 heavy (non-hydrogen) atoms. The van der Waals surface area contributed by atoms with Gasteiger partial charge in [-0.3, -0.25) is 0 Å². The van der Waals surface area contributed by atoms with Crippen molar-refractivity contribution < 1.29 is 13.6 Å². The van der Waals surface area contributed by atoms with Gasteiger partial charge in [-0.25, -0.2) is 13.6 Å². The molecule has 2 amide bonds. The van der Waals surface area contributed by atoms with E-state index in [1.165, 1.54) is 6.07 Å². The molecule has 0 bridgehead atoms. The number of aromatic amines is 1. The molecule has 0 aliphatic rings. The summed E-state index contributed by atoms with van der Waals surface area (Å²) in [4.78, 5) is 17.8. The number of aromatic nitrogens is 1. The fourth-order valence-corrected chi connectivity index (χ4v) is 3.53. The molecule has 0 radical (unpaired) electrons. The van der Waals surface area contributed by atoms with Gasteiger partial charge in [-0.05, 0) is 35.7 Å². The van der Waals surface area contributed by atoms with Crippen molar-refractivity contribution in [1.82, 2.24) is 9.88 Å². The number of carbonyl (C=O) groups excluding carboxylic acids is 1. The number of halogens is 2. The van der Waals surface area contributed by atoms with Gasteiger partial charge >= 0.3 is 6.03 Å². The summed E-state index contributed by atoms with van der Waals surface area (Å²) in [6, 6.07) is 20.4. The van der Waals surface area contributed by atoms with Crippen LogP contribution < -0.4 is 5.32 Å². The number of hydrogen-bond donors (Lipinski definition) is 2. The minimum absolute atomic E-state index is 0.0551. The van der Waals surface area contributed by atoms with Gasteiger partial charge in [0, 0.05) is 36.3 Å². The first-order valence-electron chi connectivity index (χ1n) is 10.4. The molecule has 162 valence electrons. The fraction of sp³-hybridized carbons (Fsp3) is 0.115. The van der Waals surface area contributed by atoms with Crippen LogP contribution in [-0.2, 0) is 6.42 Å². The molecule has 0 spiro atoms. The van der Waals surface area contributed by atoms with Crippen LogP contribution in [0.1, 0.15) is 11.1 Å². The summed E-state index contributed by atoms with van der Waals surface area (Å²) < 4.78 is 27.2. The van der Waals surface area contributed by atoms with E-state index in [-0.39, 0.29) is 5.69 Å². The lowest BCUT2D eigenvalue weighted by atomic mass is 10.1. The van der Waals surface area contributed by atoms with E-state index in [0.717, 1.165) is 34.2 Å².